The lowest BCUT2D eigenvalue weighted by atomic mass is 10.1. The fourth-order valence-electron chi connectivity index (χ4n) is 2.06. The van der Waals surface area contributed by atoms with E-state index in [2.05, 4.69) is 21.3 Å². The fraction of sp³-hybridized carbons (Fsp3) is 0.500. The maximum atomic E-state index is 9.19. The van der Waals surface area contributed by atoms with Gasteiger partial charge >= 0.3 is 0 Å². The predicted octanol–water partition coefficient (Wildman–Crippen LogP) is 0.980. The van der Waals surface area contributed by atoms with Gasteiger partial charge in [-0.1, -0.05) is 0 Å². The second kappa shape index (κ2) is 4.50. The maximum absolute atomic E-state index is 9.19. The number of aryl methyl sites for hydroxylation is 2. The molecule has 0 aliphatic carbocycles. The zero-order valence-corrected chi connectivity index (χ0v) is 9.75. The Morgan fingerprint density at radius 2 is 2.06 bits per heavy atom. The molecule has 0 saturated carbocycles. The molecule has 1 aliphatic heterocycles. The highest BCUT2D eigenvalue weighted by Gasteiger charge is 2.17. The van der Waals surface area contributed by atoms with E-state index in [0.717, 1.165) is 43.3 Å². The van der Waals surface area contributed by atoms with Gasteiger partial charge in [-0.15, -0.1) is 0 Å². The van der Waals surface area contributed by atoms with Crippen molar-refractivity contribution in [1.29, 1.82) is 5.26 Å². The first-order chi connectivity index (χ1) is 7.72. The van der Waals surface area contributed by atoms with Crippen molar-refractivity contribution in [1.82, 2.24) is 10.3 Å². The van der Waals surface area contributed by atoms with Crippen LogP contribution < -0.4 is 10.2 Å². The van der Waals surface area contributed by atoms with Gasteiger partial charge in [0.25, 0.3) is 0 Å². The van der Waals surface area contributed by atoms with E-state index >= 15 is 0 Å². The van der Waals surface area contributed by atoms with E-state index in [-0.39, 0.29) is 0 Å². The third-order valence-corrected chi connectivity index (χ3v) is 2.85. The Morgan fingerprint density at radius 1 is 1.38 bits per heavy atom. The fourth-order valence-corrected chi connectivity index (χ4v) is 2.06. The van der Waals surface area contributed by atoms with Gasteiger partial charge in [-0.05, 0) is 25.5 Å². The van der Waals surface area contributed by atoms with Crippen LogP contribution >= 0.6 is 0 Å². The monoisotopic (exact) mass is 216 g/mol. The Bertz CT molecular complexity index is 427. The molecule has 2 heterocycles. The Morgan fingerprint density at radius 3 is 2.69 bits per heavy atom. The molecule has 4 heteroatoms. The molecule has 1 aromatic rings. The summed E-state index contributed by atoms with van der Waals surface area (Å²) in [4.78, 5) is 6.69. The van der Waals surface area contributed by atoms with Crippen LogP contribution in [0.25, 0.3) is 0 Å². The van der Waals surface area contributed by atoms with Crippen LogP contribution in [-0.4, -0.2) is 31.2 Å². The normalized spacial score (nSPS) is 15.9. The molecule has 2 rings (SSSR count). The third-order valence-electron chi connectivity index (χ3n) is 2.85. The van der Waals surface area contributed by atoms with E-state index in [4.69, 9.17) is 0 Å². The molecular formula is C12H16N4. The van der Waals surface area contributed by atoms with Gasteiger partial charge in [-0.3, -0.25) is 0 Å². The highest BCUT2D eigenvalue weighted by molar-refractivity contribution is 5.58. The highest BCUT2D eigenvalue weighted by Crippen LogP contribution is 2.21. The molecule has 1 aromatic heterocycles. The Kier molecular flexibility index (Phi) is 3.07. The molecule has 0 bridgehead atoms. The smallest absolute Gasteiger partial charge is 0.147 e. The number of aromatic nitrogens is 1. The molecule has 0 spiro atoms. The molecule has 0 unspecified atom stereocenters. The number of nitrogens with one attached hydrogen (secondary N) is 1. The third kappa shape index (κ3) is 2.00. The lowest BCUT2D eigenvalue weighted by molar-refractivity contribution is 0.584. The number of hydrogen-bond acceptors (Lipinski definition) is 4. The van der Waals surface area contributed by atoms with E-state index in [0.29, 0.717) is 5.56 Å². The molecule has 4 nitrogen and oxygen atoms in total. The van der Waals surface area contributed by atoms with Crippen molar-refractivity contribution < 1.29 is 0 Å². The summed E-state index contributed by atoms with van der Waals surface area (Å²) in [6, 6.07) is 4.23. The molecule has 0 atom stereocenters. The van der Waals surface area contributed by atoms with Crippen LogP contribution in [0.5, 0.6) is 0 Å². The van der Waals surface area contributed by atoms with Crippen molar-refractivity contribution in [2.45, 2.75) is 13.8 Å². The molecule has 1 N–H and O–H groups in total. The second-order valence-corrected chi connectivity index (χ2v) is 4.13. The van der Waals surface area contributed by atoms with Gasteiger partial charge in [0, 0.05) is 31.9 Å². The Labute approximate surface area is 95.9 Å². The largest absolute Gasteiger partial charge is 0.353 e. The van der Waals surface area contributed by atoms with E-state index in [1.165, 1.54) is 0 Å². The number of hydrogen-bond donors (Lipinski definition) is 1. The number of nitriles is 1. The molecule has 1 aliphatic rings. The molecule has 1 fully saturated rings. The van der Waals surface area contributed by atoms with Crippen LogP contribution in [0.1, 0.15) is 16.8 Å². The second-order valence-electron chi connectivity index (χ2n) is 4.13. The first-order valence-electron chi connectivity index (χ1n) is 5.56. The summed E-state index contributed by atoms with van der Waals surface area (Å²) in [5.41, 5.74) is 2.71. The Hall–Kier alpha value is -1.60. The minimum atomic E-state index is 0.715. The maximum Gasteiger partial charge on any atom is 0.147 e. The van der Waals surface area contributed by atoms with E-state index in [1.54, 1.807) is 0 Å². The topological polar surface area (TPSA) is 52.0 Å². The van der Waals surface area contributed by atoms with Gasteiger partial charge in [0.2, 0.25) is 0 Å². The quantitative estimate of drug-likeness (QED) is 0.760. The lowest BCUT2D eigenvalue weighted by Crippen LogP contribution is -2.44. The van der Waals surface area contributed by atoms with E-state index in [1.807, 2.05) is 19.9 Å². The van der Waals surface area contributed by atoms with Gasteiger partial charge in [0.05, 0.1) is 5.56 Å². The van der Waals surface area contributed by atoms with Crippen molar-refractivity contribution in [3.8, 4) is 6.07 Å². The average Bonchev–Trinajstić information content (AvgIpc) is 2.29. The van der Waals surface area contributed by atoms with Gasteiger partial charge in [-0.2, -0.15) is 5.26 Å². The standard InChI is InChI=1S/C12H16N4/c1-9-7-10(2)15-12(11(9)8-13)16-5-3-14-4-6-16/h7,14H,3-6H2,1-2H3. The van der Waals surface area contributed by atoms with Crippen LogP contribution in [-0.2, 0) is 0 Å². The first-order valence-corrected chi connectivity index (χ1v) is 5.56. The van der Waals surface area contributed by atoms with Crippen molar-refractivity contribution in [3.63, 3.8) is 0 Å². The van der Waals surface area contributed by atoms with Crippen molar-refractivity contribution >= 4 is 5.82 Å². The van der Waals surface area contributed by atoms with Gasteiger partial charge in [0.15, 0.2) is 0 Å². The van der Waals surface area contributed by atoms with Gasteiger partial charge in [0.1, 0.15) is 11.9 Å². The van der Waals surface area contributed by atoms with Crippen LogP contribution in [0.3, 0.4) is 0 Å². The van der Waals surface area contributed by atoms with Gasteiger partial charge < -0.3 is 10.2 Å². The van der Waals surface area contributed by atoms with Crippen molar-refractivity contribution in [3.05, 3.63) is 22.9 Å². The molecule has 0 radical (unpaired) electrons. The summed E-state index contributed by atoms with van der Waals surface area (Å²) in [6.45, 7) is 7.70. The zero-order chi connectivity index (χ0) is 11.5. The molecule has 0 amide bonds. The lowest BCUT2D eigenvalue weighted by Gasteiger charge is -2.29. The zero-order valence-electron chi connectivity index (χ0n) is 9.75. The molecule has 16 heavy (non-hydrogen) atoms. The van der Waals surface area contributed by atoms with Crippen LogP contribution in [0.4, 0.5) is 5.82 Å². The first kappa shape index (κ1) is 10.9. The van der Waals surface area contributed by atoms with Crippen LogP contribution in [0, 0.1) is 25.2 Å². The van der Waals surface area contributed by atoms with Crippen molar-refractivity contribution in [2.75, 3.05) is 31.1 Å². The van der Waals surface area contributed by atoms with E-state index in [9.17, 15) is 5.26 Å². The van der Waals surface area contributed by atoms with Crippen molar-refractivity contribution in [2.24, 2.45) is 0 Å². The summed E-state index contributed by atoms with van der Waals surface area (Å²) < 4.78 is 0. The number of pyridine rings is 1. The van der Waals surface area contributed by atoms with Crippen LogP contribution in [0.2, 0.25) is 0 Å². The molecular weight excluding hydrogens is 200 g/mol. The van der Waals surface area contributed by atoms with Gasteiger partial charge in [-0.25, -0.2) is 4.98 Å². The minimum Gasteiger partial charge on any atom is -0.353 e. The predicted molar refractivity (Wildman–Crippen MR) is 63.5 cm³/mol. The van der Waals surface area contributed by atoms with E-state index < -0.39 is 0 Å². The minimum absolute atomic E-state index is 0.715. The number of anilines is 1. The summed E-state index contributed by atoms with van der Waals surface area (Å²) in [5.74, 6) is 0.849. The Balaban J connectivity index is 2.42. The molecule has 1 saturated heterocycles. The summed E-state index contributed by atoms with van der Waals surface area (Å²) >= 11 is 0. The number of nitrogens with zero attached hydrogens (tertiary/aromatic N) is 3. The number of piperazine rings is 1. The summed E-state index contributed by atoms with van der Waals surface area (Å²) in [7, 11) is 0. The number of rotatable bonds is 1. The SMILES string of the molecule is Cc1cc(C)c(C#N)c(N2CCNCC2)n1. The van der Waals surface area contributed by atoms with Crippen LogP contribution in [0.15, 0.2) is 6.07 Å². The highest BCUT2D eigenvalue weighted by atomic mass is 15.2. The summed E-state index contributed by atoms with van der Waals surface area (Å²) in [6.07, 6.45) is 0. The molecule has 0 aromatic carbocycles. The average molecular weight is 216 g/mol. The molecule has 84 valence electrons. The summed E-state index contributed by atoms with van der Waals surface area (Å²) in [5, 5.41) is 12.5.